The number of nitrogens with one attached hydrogen (secondary N) is 1. The number of carbonyl (C=O) groups excluding carboxylic acids is 2. The van der Waals surface area contributed by atoms with Gasteiger partial charge in [-0.3, -0.25) is 9.59 Å². The number of carbonyl (C=O) groups is 2. The largest absolute Gasteiger partial charge is 0.497 e. The van der Waals surface area contributed by atoms with Crippen molar-refractivity contribution in [2.45, 2.75) is 13.5 Å². The summed E-state index contributed by atoms with van der Waals surface area (Å²) in [5, 5.41) is 2.71. The Labute approximate surface area is 146 Å². The third kappa shape index (κ3) is 6.21. The fourth-order valence-corrected chi connectivity index (χ4v) is 2.12. The van der Waals surface area contributed by atoms with Gasteiger partial charge in [-0.2, -0.15) is 0 Å². The van der Waals surface area contributed by atoms with Crippen LogP contribution in [0, 0.1) is 0 Å². The van der Waals surface area contributed by atoms with Crippen LogP contribution in [0.1, 0.15) is 12.7 Å². The lowest BCUT2D eigenvalue weighted by Crippen LogP contribution is -2.41. The number of amides is 2. The second-order valence-corrected chi connectivity index (χ2v) is 5.32. The van der Waals surface area contributed by atoms with Crippen molar-refractivity contribution in [3.8, 4) is 11.5 Å². The molecule has 2 amide bonds. The van der Waals surface area contributed by atoms with Crippen molar-refractivity contribution in [1.82, 2.24) is 10.2 Å². The van der Waals surface area contributed by atoms with E-state index in [-0.39, 0.29) is 25.0 Å². The molecule has 0 bridgehead atoms. The molecule has 134 valence electrons. The molecule has 0 fully saturated rings. The molecule has 1 aromatic heterocycles. The van der Waals surface area contributed by atoms with Crippen LogP contribution in [0.25, 0.3) is 0 Å². The van der Waals surface area contributed by atoms with E-state index < -0.39 is 0 Å². The van der Waals surface area contributed by atoms with E-state index in [2.05, 4.69) is 5.32 Å². The van der Waals surface area contributed by atoms with E-state index in [1.54, 1.807) is 49.8 Å². The molecule has 1 N–H and O–H groups in total. The molecule has 0 saturated heterocycles. The Morgan fingerprint density at radius 2 is 1.88 bits per heavy atom. The van der Waals surface area contributed by atoms with Gasteiger partial charge in [0.05, 0.1) is 33.0 Å². The normalized spacial score (nSPS) is 10.2. The molecular formula is C18H22N2O5. The monoisotopic (exact) mass is 346 g/mol. The van der Waals surface area contributed by atoms with Crippen molar-refractivity contribution in [3.63, 3.8) is 0 Å². The van der Waals surface area contributed by atoms with Crippen LogP contribution in [0.2, 0.25) is 0 Å². The molecule has 0 atom stereocenters. The van der Waals surface area contributed by atoms with Crippen LogP contribution in [0.3, 0.4) is 0 Å². The number of ether oxygens (including phenoxy) is 2. The molecule has 7 nitrogen and oxygen atoms in total. The summed E-state index contributed by atoms with van der Waals surface area (Å²) in [6, 6.07) is 10.7. The fourth-order valence-electron chi connectivity index (χ4n) is 2.12. The lowest BCUT2D eigenvalue weighted by molar-refractivity contribution is -0.134. The highest BCUT2D eigenvalue weighted by atomic mass is 16.5. The number of furan rings is 1. The van der Waals surface area contributed by atoms with E-state index >= 15 is 0 Å². The molecule has 1 aromatic carbocycles. The predicted octanol–water partition coefficient (Wildman–Crippen LogP) is 1.83. The van der Waals surface area contributed by atoms with E-state index in [4.69, 9.17) is 13.9 Å². The van der Waals surface area contributed by atoms with Gasteiger partial charge in [-0.25, -0.2) is 0 Å². The molecule has 0 aliphatic heterocycles. The van der Waals surface area contributed by atoms with Gasteiger partial charge < -0.3 is 24.1 Å². The molecule has 2 rings (SSSR count). The summed E-state index contributed by atoms with van der Waals surface area (Å²) in [7, 11) is 1.59. The van der Waals surface area contributed by atoms with E-state index in [9.17, 15) is 9.59 Å². The van der Waals surface area contributed by atoms with Gasteiger partial charge in [0, 0.05) is 6.92 Å². The number of benzene rings is 1. The highest BCUT2D eigenvalue weighted by Gasteiger charge is 2.14. The number of methoxy groups -OCH3 is 1. The minimum atomic E-state index is -0.254. The Balaban J connectivity index is 1.75. The topological polar surface area (TPSA) is 81.0 Å². The average Bonchev–Trinajstić information content (AvgIpc) is 3.13. The SMILES string of the molecule is COc1ccc(OCCN(CC(=O)NCc2ccco2)C(C)=O)cc1. The zero-order valence-electron chi connectivity index (χ0n) is 14.4. The lowest BCUT2D eigenvalue weighted by Gasteiger charge is -2.20. The van der Waals surface area contributed by atoms with Crippen molar-refractivity contribution in [1.29, 1.82) is 0 Å². The minimum Gasteiger partial charge on any atom is -0.497 e. The Morgan fingerprint density at radius 3 is 2.48 bits per heavy atom. The summed E-state index contributed by atoms with van der Waals surface area (Å²) in [4.78, 5) is 25.1. The molecular weight excluding hydrogens is 324 g/mol. The van der Waals surface area contributed by atoms with Crippen LogP contribution in [0.5, 0.6) is 11.5 Å². The summed E-state index contributed by atoms with van der Waals surface area (Å²) in [5.74, 6) is 1.63. The molecule has 0 aliphatic carbocycles. The molecule has 0 saturated carbocycles. The third-order valence-electron chi connectivity index (χ3n) is 3.51. The van der Waals surface area contributed by atoms with Crippen molar-refractivity contribution < 1.29 is 23.5 Å². The fraction of sp³-hybridized carbons (Fsp3) is 0.333. The van der Waals surface area contributed by atoms with Crippen LogP contribution in [0.15, 0.2) is 47.1 Å². The van der Waals surface area contributed by atoms with Crippen molar-refractivity contribution >= 4 is 11.8 Å². The maximum atomic E-state index is 12.0. The zero-order valence-corrected chi connectivity index (χ0v) is 14.4. The van der Waals surface area contributed by atoms with Gasteiger partial charge in [0.1, 0.15) is 23.9 Å². The Morgan fingerprint density at radius 1 is 1.16 bits per heavy atom. The first-order chi connectivity index (χ1) is 12.1. The first kappa shape index (κ1) is 18.4. The van der Waals surface area contributed by atoms with E-state index in [0.29, 0.717) is 24.6 Å². The number of nitrogens with zero attached hydrogens (tertiary/aromatic N) is 1. The van der Waals surface area contributed by atoms with E-state index in [0.717, 1.165) is 5.75 Å². The van der Waals surface area contributed by atoms with Crippen LogP contribution in [-0.4, -0.2) is 43.5 Å². The molecule has 0 radical (unpaired) electrons. The van der Waals surface area contributed by atoms with Crippen LogP contribution >= 0.6 is 0 Å². The number of hydrogen-bond acceptors (Lipinski definition) is 5. The van der Waals surface area contributed by atoms with Crippen molar-refractivity contribution in [2.24, 2.45) is 0 Å². The second-order valence-electron chi connectivity index (χ2n) is 5.32. The van der Waals surface area contributed by atoms with Crippen molar-refractivity contribution in [3.05, 3.63) is 48.4 Å². The summed E-state index contributed by atoms with van der Waals surface area (Å²) in [6.07, 6.45) is 1.54. The highest BCUT2D eigenvalue weighted by molar-refractivity contribution is 5.83. The van der Waals surface area contributed by atoms with Gasteiger partial charge in [-0.15, -0.1) is 0 Å². The zero-order chi connectivity index (χ0) is 18.1. The molecule has 1 heterocycles. The van der Waals surface area contributed by atoms with Gasteiger partial charge in [0.15, 0.2) is 0 Å². The van der Waals surface area contributed by atoms with Crippen LogP contribution in [0.4, 0.5) is 0 Å². The minimum absolute atomic E-state index is 0.0258. The van der Waals surface area contributed by atoms with Crippen LogP contribution in [-0.2, 0) is 16.1 Å². The maximum Gasteiger partial charge on any atom is 0.240 e. The summed E-state index contributed by atoms with van der Waals surface area (Å²) in [5.41, 5.74) is 0. The molecule has 0 unspecified atom stereocenters. The molecule has 25 heavy (non-hydrogen) atoms. The molecule has 7 heteroatoms. The van der Waals surface area contributed by atoms with Crippen LogP contribution < -0.4 is 14.8 Å². The third-order valence-corrected chi connectivity index (χ3v) is 3.51. The molecule has 0 aliphatic rings. The average molecular weight is 346 g/mol. The highest BCUT2D eigenvalue weighted by Crippen LogP contribution is 2.16. The van der Waals surface area contributed by atoms with Gasteiger partial charge in [-0.05, 0) is 36.4 Å². The lowest BCUT2D eigenvalue weighted by atomic mass is 10.3. The van der Waals surface area contributed by atoms with E-state index in [1.165, 1.54) is 11.8 Å². The Kier molecular flexibility index (Phi) is 6.88. The van der Waals surface area contributed by atoms with Gasteiger partial charge >= 0.3 is 0 Å². The number of hydrogen-bond donors (Lipinski definition) is 1. The van der Waals surface area contributed by atoms with Gasteiger partial charge in [0.25, 0.3) is 0 Å². The maximum absolute atomic E-state index is 12.0. The standard InChI is InChI=1S/C18H22N2O5/c1-14(21)20(13-18(22)19-12-17-4-3-10-24-17)9-11-25-16-7-5-15(23-2)6-8-16/h3-8,10H,9,11-13H2,1-2H3,(H,19,22). The van der Waals surface area contributed by atoms with Gasteiger partial charge in [0.2, 0.25) is 11.8 Å². The van der Waals surface area contributed by atoms with E-state index in [1.807, 2.05) is 0 Å². The summed E-state index contributed by atoms with van der Waals surface area (Å²) in [6.45, 7) is 2.29. The first-order valence-electron chi connectivity index (χ1n) is 7.90. The predicted molar refractivity (Wildman–Crippen MR) is 91.3 cm³/mol. The first-order valence-corrected chi connectivity index (χ1v) is 7.90. The number of rotatable bonds is 9. The summed E-state index contributed by atoms with van der Waals surface area (Å²) >= 11 is 0. The molecule has 0 spiro atoms. The smallest absolute Gasteiger partial charge is 0.240 e. The second kappa shape index (κ2) is 9.36. The summed E-state index contributed by atoms with van der Waals surface area (Å²) < 4.78 is 15.8. The Bertz CT molecular complexity index is 667. The Hall–Kier alpha value is -2.96. The van der Waals surface area contributed by atoms with Gasteiger partial charge in [-0.1, -0.05) is 0 Å². The van der Waals surface area contributed by atoms with Crippen molar-refractivity contribution in [2.75, 3.05) is 26.8 Å². The molecule has 2 aromatic rings. The quantitative estimate of drug-likeness (QED) is 0.749.